The van der Waals surface area contributed by atoms with Crippen molar-refractivity contribution in [2.45, 2.75) is 13.8 Å². The third-order valence-corrected chi connectivity index (χ3v) is 3.27. The lowest BCUT2D eigenvalue weighted by molar-refractivity contribution is 0.262. The molecule has 0 saturated carbocycles. The van der Waals surface area contributed by atoms with E-state index in [0.29, 0.717) is 5.13 Å². The second kappa shape index (κ2) is 4.97. The molecule has 0 fully saturated rings. The predicted octanol–water partition coefficient (Wildman–Crippen LogP) is 3.40. The number of aryl methyl sites for hydroxylation is 2. The molecular weight excluding hydrogens is 234 g/mol. The highest BCUT2D eigenvalue weighted by atomic mass is 32.1. The summed E-state index contributed by atoms with van der Waals surface area (Å²) in [6.45, 7) is 3.90. The van der Waals surface area contributed by atoms with Crippen molar-refractivity contribution < 1.29 is 4.79 Å². The SMILES string of the molecule is Cc1nc(NC(=O)Nc2ccccc2)sc1C. The molecule has 0 aliphatic carbocycles. The Morgan fingerprint density at radius 1 is 1.18 bits per heavy atom. The van der Waals surface area contributed by atoms with E-state index in [9.17, 15) is 4.79 Å². The molecule has 1 heterocycles. The van der Waals surface area contributed by atoms with Gasteiger partial charge in [-0.15, -0.1) is 11.3 Å². The monoisotopic (exact) mass is 247 g/mol. The Balaban J connectivity index is 1.98. The molecule has 1 aromatic carbocycles. The second-order valence-electron chi connectivity index (χ2n) is 3.61. The highest BCUT2D eigenvalue weighted by molar-refractivity contribution is 7.15. The van der Waals surface area contributed by atoms with E-state index in [-0.39, 0.29) is 6.03 Å². The van der Waals surface area contributed by atoms with Crippen LogP contribution >= 0.6 is 11.3 Å². The van der Waals surface area contributed by atoms with E-state index in [1.807, 2.05) is 44.2 Å². The van der Waals surface area contributed by atoms with Crippen molar-refractivity contribution >= 4 is 28.2 Å². The van der Waals surface area contributed by atoms with Crippen LogP contribution in [-0.4, -0.2) is 11.0 Å². The topological polar surface area (TPSA) is 54.0 Å². The van der Waals surface area contributed by atoms with Gasteiger partial charge in [0.1, 0.15) is 0 Å². The largest absolute Gasteiger partial charge is 0.325 e. The van der Waals surface area contributed by atoms with E-state index in [1.54, 1.807) is 0 Å². The Bertz CT molecular complexity index is 502. The number of benzene rings is 1. The van der Waals surface area contributed by atoms with Gasteiger partial charge in [-0.25, -0.2) is 9.78 Å². The first-order valence-electron chi connectivity index (χ1n) is 5.22. The minimum Gasteiger partial charge on any atom is -0.308 e. The molecule has 0 atom stereocenters. The molecule has 2 N–H and O–H groups in total. The van der Waals surface area contributed by atoms with Gasteiger partial charge in [0.05, 0.1) is 5.69 Å². The van der Waals surface area contributed by atoms with Crippen LogP contribution in [0.2, 0.25) is 0 Å². The molecule has 0 spiro atoms. The molecule has 2 rings (SSSR count). The van der Waals surface area contributed by atoms with Gasteiger partial charge in [0.15, 0.2) is 5.13 Å². The molecule has 0 unspecified atom stereocenters. The molecule has 0 bridgehead atoms. The van der Waals surface area contributed by atoms with Gasteiger partial charge in [-0.1, -0.05) is 18.2 Å². The van der Waals surface area contributed by atoms with E-state index in [0.717, 1.165) is 16.3 Å². The first kappa shape index (κ1) is 11.6. The fourth-order valence-corrected chi connectivity index (χ4v) is 2.12. The van der Waals surface area contributed by atoms with Gasteiger partial charge < -0.3 is 5.32 Å². The number of carbonyl (C=O) groups is 1. The number of hydrogen-bond donors (Lipinski definition) is 2. The lowest BCUT2D eigenvalue weighted by atomic mass is 10.3. The predicted molar refractivity (Wildman–Crippen MR) is 70.7 cm³/mol. The quantitative estimate of drug-likeness (QED) is 0.854. The number of anilines is 2. The summed E-state index contributed by atoms with van der Waals surface area (Å²) in [4.78, 5) is 17.0. The van der Waals surface area contributed by atoms with Gasteiger partial charge in [0.2, 0.25) is 0 Å². The van der Waals surface area contributed by atoms with Crippen molar-refractivity contribution in [1.82, 2.24) is 4.98 Å². The first-order chi connectivity index (χ1) is 8.15. The van der Waals surface area contributed by atoms with Gasteiger partial charge in [0, 0.05) is 10.6 Å². The average Bonchev–Trinajstić information content (AvgIpc) is 2.59. The molecule has 0 aliphatic rings. The van der Waals surface area contributed by atoms with Crippen LogP contribution < -0.4 is 10.6 Å². The van der Waals surface area contributed by atoms with Gasteiger partial charge in [-0.05, 0) is 26.0 Å². The molecule has 0 saturated heterocycles. The van der Waals surface area contributed by atoms with Crippen LogP contribution in [0.15, 0.2) is 30.3 Å². The summed E-state index contributed by atoms with van der Waals surface area (Å²) in [5.41, 5.74) is 1.71. The van der Waals surface area contributed by atoms with E-state index >= 15 is 0 Å². The standard InChI is InChI=1S/C12H13N3OS/c1-8-9(2)17-12(13-8)15-11(16)14-10-6-4-3-5-7-10/h3-7H,1-2H3,(H2,13,14,15,16). The number of rotatable bonds is 2. The first-order valence-corrected chi connectivity index (χ1v) is 6.04. The van der Waals surface area contributed by atoms with Gasteiger partial charge in [-0.3, -0.25) is 5.32 Å². The third-order valence-electron chi connectivity index (χ3n) is 2.28. The maximum atomic E-state index is 11.6. The summed E-state index contributed by atoms with van der Waals surface area (Å²) < 4.78 is 0. The van der Waals surface area contributed by atoms with Crippen molar-refractivity contribution in [2.24, 2.45) is 0 Å². The molecule has 2 amide bonds. The minimum atomic E-state index is -0.273. The number of urea groups is 1. The molecule has 88 valence electrons. The Kier molecular flexibility index (Phi) is 3.39. The number of aromatic nitrogens is 1. The van der Waals surface area contributed by atoms with Gasteiger partial charge in [-0.2, -0.15) is 0 Å². The molecule has 17 heavy (non-hydrogen) atoms. The minimum absolute atomic E-state index is 0.273. The summed E-state index contributed by atoms with van der Waals surface area (Å²) in [7, 11) is 0. The van der Waals surface area contributed by atoms with Crippen molar-refractivity contribution in [3.8, 4) is 0 Å². The lowest BCUT2D eigenvalue weighted by Crippen LogP contribution is -2.19. The maximum absolute atomic E-state index is 11.6. The normalized spacial score (nSPS) is 10.0. The van der Waals surface area contributed by atoms with Crippen LogP contribution in [0.5, 0.6) is 0 Å². The highest BCUT2D eigenvalue weighted by Crippen LogP contribution is 2.21. The van der Waals surface area contributed by atoms with E-state index < -0.39 is 0 Å². The van der Waals surface area contributed by atoms with Crippen LogP contribution in [0, 0.1) is 13.8 Å². The number of para-hydroxylation sites is 1. The van der Waals surface area contributed by atoms with Crippen molar-refractivity contribution in [3.63, 3.8) is 0 Å². The zero-order valence-corrected chi connectivity index (χ0v) is 10.5. The van der Waals surface area contributed by atoms with Crippen molar-refractivity contribution in [1.29, 1.82) is 0 Å². The zero-order valence-electron chi connectivity index (χ0n) is 9.65. The number of thiazole rings is 1. The van der Waals surface area contributed by atoms with Crippen molar-refractivity contribution in [3.05, 3.63) is 40.9 Å². The van der Waals surface area contributed by atoms with Crippen LogP contribution in [0.4, 0.5) is 15.6 Å². The summed E-state index contributed by atoms with van der Waals surface area (Å²) in [6, 6.07) is 9.03. The highest BCUT2D eigenvalue weighted by Gasteiger charge is 2.07. The van der Waals surface area contributed by atoms with Crippen LogP contribution in [-0.2, 0) is 0 Å². The fraction of sp³-hybridized carbons (Fsp3) is 0.167. The van der Waals surface area contributed by atoms with Gasteiger partial charge >= 0.3 is 6.03 Å². The van der Waals surface area contributed by atoms with Crippen LogP contribution in [0.25, 0.3) is 0 Å². The molecule has 5 heteroatoms. The number of carbonyl (C=O) groups excluding carboxylic acids is 1. The molecule has 0 aliphatic heterocycles. The maximum Gasteiger partial charge on any atom is 0.325 e. The Labute approximate surface area is 104 Å². The van der Waals surface area contributed by atoms with Crippen molar-refractivity contribution in [2.75, 3.05) is 10.6 Å². The molecule has 2 aromatic rings. The van der Waals surface area contributed by atoms with Gasteiger partial charge in [0.25, 0.3) is 0 Å². The smallest absolute Gasteiger partial charge is 0.308 e. The summed E-state index contributed by atoms with van der Waals surface area (Å²) in [5.74, 6) is 0. The summed E-state index contributed by atoms with van der Waals surface area (Å²) in [6.07, 6.45) is 0. The van der Waals surface area contributed by atoms with E-state index in [1.165, 1.54) is 11.3 Å². The average molecular weight is 247 g/mol. The fourth-order valence-electron chi connectivity index (χ4n) is 1.31. The van der Waals surface area contributed by atoms with Crippen LogP contribution in [0.1, 0.15) is 10.6 Å². The van der Waals surface area contributed by atoms with E-state index in [4.69, 9.17) is 0 Å². The zero-order chi connectivity index (χ0) is 12.3. The second-order valence-corrected chi connectivity index (χ2v) is 4.81. The summed E-state index contributed by atoms with van der Waals surface area (Å²) in [5, 5.41) is 6.06. The summed E-state index contributed by atoms with van der Waals surface area (Å²) >= 11 is 1.47. The third kappa shape index (κ3) is 3.04. The number of nitrogens with one attached hydrogen (secondary N) is 2. The Morgan fingerprint density at radius 3 is 2.47 bits per heavy atom. The Morgan fingerprint density at radius 2 is 1.88 bits per heavy atom. The number of amides is 2. The lowest BCUT2D eigenvalue weighted by Gasteiger charge is -2.04. The molecule has 0 radical (unpaired) electrons. The molecular formula is C12H13N3OS. The Hall–Kier alpha value is -1.88. The van der Waals surface area contributed by atoms with Crippen LogP contribution in [0.3, 0.4) is 0 Å². The number of nitrogens with zero attached hydrogens (tertiary/aromatic N) is 1. The molecule has 1 aromatic heterocycles. The van der Waals surface area contributed by atoms with E-state index in [2.05, 4.69) is 15.6 Å². The molecule has 4 nitrogen and oxygen atoms in total. The number of hydrogen-bond acceptors (Lipinski definition) is 3.